The summed E-state index contributed by atoms with van der Waals surface area (Å²) in [6, 6.07) is 19.3. The molecule has 3 heterocycles. The van der Waals surface area contributed by atoms with Crippen LogP contribution < -0.4 is 5.32 Å². The lowest BCUT2D eigenvalue weighted by molar-refractivity contribution is 0.265. The molecule has 0 aliphatic carbocycles. The summed E-state index contributed by atoms with van der Waals surface area (Å²) in [5.74, 6) is 0. The number of allylic oxidation sites excluding steroid dienone is 1. The van der Waals surface area contributed by atoms with Gasteiger partial charge >= 0.3 is 0 Å². The summed E-state index contributed by atoms with van der Waals surface area (Å²) in [5.41, 5.74) is 7.80. The van der Waals surface area contributed by atoms with Crippen LogP contribution in [0.15, 0.2) is 60.8 Å². The first-order chi connectivity index (χ1) is 16.1. The zero-order valence-corrected chi connectivity index (χ0v) is 20.4. The maximum Gasteiger partial charge on any atom is 0.0944 e. The molecule has 4 heteroatoms. The summed E-state index contributed by atoms with van der Waals surface area (Å²) in [6.07, 6.45) is 4.47. The molecule has 2 aliphatic heterocycles. The monoisotopic (exact) mass is 442 g/mol. The highest BCUT2D eigenvalue weighted by Crippen LogP contribution is 2.40. The van der Waals surface area contributed by atoms with Gasteiger partial charge in [0.2, 0.25) is 0 Å². The van der Waals surface area contributed by atoms with Gasteiger partial charge in [-0.15, -0.1) is 0 Å². The van der Waals surface area contributed by atoms with Crippen molar-refractivity contribution in [3.63, 3.8) is 0 Å². The van der Waals surface area contributed by atoms with E-state index in [-0.39, 0.29) is 6.04 Å². The first-order valence-corrected chi connectivity index (χ1v) is 12.7. The number of fused-ring (bicyclic) bond motifs is 3. The number of benzene rings is 2. The molecule has 174 valence electrons. The third kappa shape index (κ3) is 4.17. The van der Waals surface area contributed by atoms with Crippen LogP contribution in [0.2, 0.25) is 0 Å². The number of likely N-dealkylation sites (tertiary alicyclic amines) is 1. The van der Waals surface area contributed by atoms with E-state index in [1.807, 2.05) is 0 Å². The van der Waals surface area contributed by atoms with E-state index in [0.717, 1.165) is 25.9 Å². The standard InChI is InChI=1S/C29H38N4/c1-5-16-32-19-24(18-21(32)4)30-23-13-11-22(12-14-23)29-28-26(15-17-33(29)20(3)6-2)25-9-7-8-10-27(25)31-28/h7-14,21,24,29-31H,3,5-6,15-19H2,1-2,4H3/t21-,24?,29?/m0/s1. The number of rotatable bonds is 7. The van der Waals surface area contributed by atoms with Gasteiger partial charge in [0.1, 0.15) is 0 Å². The smallest absolute Gasteiger partial charge is 0.0944 e. The topological polar surface area (TPSA) is 34.3 Å². The minimum Gasteiger partial charge on any atom is -0.381 e. The average Bonchev–Trinajstić information content (AvgIpc) is 3.38. The van der Waals surface area contributed by atoms with Gasteiger partial charge in [0.05, 0.1) is 6.04 Å². The number of aromatic nitrogens is 1. The second-order valence-electron chi connectivity index (χ2n) is 9.87. The first-order valence-electron chi connectivity index (χ1n) is 12.7. The van der Waals surface area contributed by atoms with Crippen LogP contribution in [0, 0.1) is 0 Å². The van der Waals surface area contributed by atoms with Crippen LogP contribution in [-0.2, 0) is 6.42 Å². The lowest BCUT2D eigenvalue weighted by atomic mass is 9.91. The molecule has 1 saturated heterocycles. The van der Waals surface area contributed by atoms with E-state index in [1.54, 1.807) is 0 Å². The number of hydrogen-bond donors (Lipinski definition) is 2. The van der Waals surface area contributed by atoms with Crippen molar-refractivity contribution in [2.75, 3.05) is 25.0 Å². The minimum atomic E-state index is 0.189. The van der Waals surface area contributed by atoms with E-state index in [4.69, 9.17) is 0 Å². The summed E-state index contributed by atoms with van der Waals surface area (Å²) < 4.78 is 0. The summed E-state index contributed by atoms with van der Waals surface area (Å²) >= 11 is 0. The van der Waals surface area contributed by atoms with Gasteiger partial charge < -0.3 is 15.2 Å². The molecular weight excluding hydrogens is 404 g/mol. The lowest BCUT2D eigenvalue weighted by Gasteiger charge is -2.39. The Morgan fingerprint density at radius 1 is 1.12 bits per heavy atom. The minimum absolute atomic E-state index is 0.189. The largest absolute Gasteiger partial charge is 0.381 e. The van der Waals surface area contributed by atoms with Crippen LogP contribution in [0.5, 0.6) is 0 Å². The van der Waals surface area contributed by atoms with Gasteiger partial charge in [-0.2, -0.15) is 0 Å². The van der Waals surface area contributed by atoms with E-state index < -0.39 is 0 Å². The molecule has 0 bridgehead atoms. The third-order valence-corrected chi connectivity index (χ3v) is 7.66. The van der Waals surface area contributed by atoms with E-state index in [0.29, 0.717) is 12.1 Å². The van der Waals surface area contributed by atoms with E-state index >= 15 is 0 Å². The van der Waals surface area contributed by atoms with Crippen molar-refractivity contribution in [3.05, 3.63) is 77.6 Å². The van der Waals surface area contributed by atoms with Gasteiger partial charge in [0.25, 0.3) is 0 Å². The van der Waals surface area contributed by atoms with Gasteiger partial charge in [-0.25, -0.2) is 0 Å². The predicted molar refractivity (Wildman–Crippen MR) is 140 cm³/mol. The molecule has 2 aliphatic rings. The first kappa shape index (κ1) is 22.1. The summed E-state index contributed by atoms with van der Waals surface area (Å²) in [4.78, 5) is 8.88. The van der Waals surface area contributed by atoms with Crippen molar-refractivity contribution >= 4 is 16.6 Å². The fraction of sp³-hybridized carbons (Fsp3) is 0.448. The molecule has 1 fully saturated rings. The molecule has 0 saturated carbocycles. The fourth-order valence-electron chi connectivity index (χ4n) is 5.93. The Balaban J connectivity index is 1.42. The fourth-order valence-corrected chi connectivity index (χ4v) is 5.93. The predicted octanol–water partition coefficient (Wildman–Crippen LogP) is 6.32. The number of aromatic amines is 1. The number of para-hydroxylation sites is 1. The Labute approximate surface area is 198 Å². The molecular formula is C29H38N4. The number of anilines is 1. The van der Waals surface area contributed by atoms with Crippen molar-refractivity contribution in [1.29, 1.82) is 0 Å². The SMILES string of the molecule is C=C(CC)N1CCc2c([nH]c3ccccc23)C1c1ccc(NC2C[C@H](C)N(CCC)C2)cc1. The van der Waals surface area contributed by atoms with Gasteiger partial charge in [-0.3, -0.25) is 4.90 Å². The zero-order valence-electron chi connectivity index (χ0n) is 20.4. The highest BCUT2D eigenvalue weighted by atomic mass is 15.2. The summed E-state index contributed by atoms with van der Waals surface area (Å²) in [6.45, 7) is 14.6. The Morgan fingerprint density at radius 3 is 2.67 bits per heavy atom. The molecule has 0 radical (unpaired) electrons. The van der Waals surface area contributed by atoms with Crippen molar-refractivity contribution in [2.45, 2.75) is 64.6 Å². The Bertz CT molecular complexity index is 1110. The average molecular weight is 443 g/mol. The molecule has 2 unspecified atom stereocenters. The molecule has 5 rings (SSSR count). The third-order valence-electron chi connectivity index (χ3n) is 7.66. The second-order valence-corrected chi connectivity index (χ2v) is 9.87. The van der Waals surface area contributed by atoms with E-state index in [9.17, 15) is 0 Å². The second kappa shape index (κ2) is 9.26. The van der Waals surface area contributed by atoms with Crippen molar-refractivity contribution in [1.82, 2.24) is 14.8 Å². The highest BCUT2D eigenvalue weighted by molar-refractivity contribution is 5.85. The molecule has 2 N–H and O–H groups in total. The van der Waals surface area contributed by atoms with E-state index in [2.05, 4.69) is 96.0 Å². The quantitative estimate of drug-likeness (QED) is 0.449. The molecule has 0 amide bonds. The summed E-state index contributed by atoms with van der Waals surface area (Å²) in [5, 5.41) is 5.16. The number of nitrogens with zero attached hydrogens (tertiary/aromatic N) is 2. The van der Waals surface area contributed by atoms with Crippen molar-refractivity contribution in [2.24, 2.45) is 0 Å². The van der Waals surface area contributed by atoms with Crippen LogP contribution in [0.1, 0.15) is 62.9 Å². The lowest BCUT2D eigenvalue weighted by Crippen LogP contribution is -2.35. The Kier molecular flexibility index (Phi) is 6.20. The number of nitrogens with one attached hydrogen (secondary N) is 2. The Morgan fingerprint density at radius 2 is 1.91 bits per heavy atom. The van der Waals surface area contributed by atoms with Crippen molar-refractivity contribution < 1.29 is 0 Å². The molecule has 4 nitrogen and oxygen atoms in total. The number of H-pyrrole nitrogens is 1. The van der Waals surface area contributed by atoms with Crippen LogP contribution in [0.3, 0.4) is 0 Å². The van der Waals surface area contributed by atoms with Crippen LogP contribution in [-0.4, -0.2) is 46.5 Å². The van der Waals surface area contributed by atoms with Gasteiger partial charge in [-0.05, 0) is 68.5 Å². The van der Waals surface area contributed by atoms with Crippen LogP contribution >= 0.6 is 0 Å². The molecule has 0 spiro atoms. The van der Waals surface area contributed by atoms with Gasteiger partial charge in [-0.1, -0.05) is 50.8 Å². The highest BCUT2D eigenvalue weighted by Gasteiger charge is 2.32. The number of hydrogen-bond acceptors (Lipinski definition) is 3. The zero-order chi connectivity index (χ0) is 22.9. The maximum atomic E-state index is 4.41. The molecule has 2 aromatic carbocycles. The molecule has 3 atom stereocenters. The van der Waals surface area contributed by atoms with Crippen molar-refractivity contribution in [3.8, 4) is 0 Å². The van der Waals surface area contributed by atoms with E-state index in [1.165, 1.54) is 58.5 Å². The van der Waals surface area contributed by atoms with Crippen LogP contribution in [0.25, 0.3) is 10.9 Å². The Hall–Kier alpha value is -2.72. The molecule has 3 aromatic rings. The van der Waals surface area contributed by atoms with Crippen LogP contribution in [0.4, 0.5) is 5.69 Å². The normalized spacial score (nSPS) is 23.1. The molecule has 33 heavy (non-hydrogen) atoms. The summed E-state index contributed by atoms with van der Waals surface area (Å²) in [7, 11) is 0. The molecule has 1 aromatic heterocycles. The van der Waals surface area contributed by atoms with Gasteiger partial charge in [0, 0.05) is 53.2 Å². The maximum absolute atomic E-state index is 4.41. The van der Waals surface area contributed by atoms with Gasteiger partial charge in [0.15, 0.2) is 0 Å².